The lowest BCUT2D eigenvalue weighted by atomic mass is 9.94. The number of carboxylic acid groups (broad SMARTS) is 1. The van der Waals surface area contributed by atoms with Crippen molar-refractivity contribution in [1.82, 2.24) is 0 Å². The summed E-state index contributed by atoms with van der Waals surface area (Å²) in [7, 11) is 1.65. The van der Waals surface area contributed by atoms with Crippen molar-refractivity contribution in [2.45, 2.75) is 20.8 Å². The maximum atomic E-state index is 11.0. The Kier molecular flexibility index (Phi) is 4.66. The van der Waals surface area contributed by atoms with E-state index in [1.165, 1.54) is 0 Å². The molecule has 0 aliphatic heterocycles. The molecule has 0 unspecified atom stereocenters. The molecule has 114 valence electrons. The van der Waals surface area contributed by atoms with E-state index in [0.717, 1.165) is 33.6 Å². The van der Waals surface area contributed by atoms with E-state index in [9.17, 15) is 4.79 Å². The fourth-order valence-corrected chi connectivity index (χ4v) is 2.37. The van der Waals surface area contributed by atoms with Gasteiger partial charge in [-0.15, -0.1) is 0 Å². The van der Waals surface area contributed by atoms with Crippen LogP contribution in [-0.2, 0) is 4.79 Å². The van der Waals surface area contributed by atoms with Gasteiger partial charge in [0.15, 0.2) is 0 Å². The predicted molar refractivity (Wildman–Crippen MR) is 89.2 cm³/mol. The number of ether oxygens (including phenoxy) is 1. The second-order valence-corrected chi connectivity index (χ2v) is 5.38. The van der Waals surface area contributed by atoms with Gasteiger partial charge in [-0.3, -0.25) is 0 Å². The number of carbonyl (C=O) groups is 1. The standard InChI is InChI=1S/C19H20O3/c1-12-11-18(15-5-7-17(22-4)8-6-15)13(2)9-16(12)10-14(3)19(20)21/h5-11H,1-4H3,(H,20,21). The van der Waals surface area contributed by atoms with Gasteiger partial charge in [0.05, 0.1) is 7.11 Å². The van der Waals surface area contributed by atoms with Crippen LogP contribution in [0, 0.1) is 13.8 Å². The Labute approximate surface area is 130 Å². The second kappa shape index (κ2) is 6.48. The molecule has 0 heterocycles. The summed E-state index contributed by atoms with van der Waals surface area (Å²) < 4.78 is 5.18. The van der Waals surface area contributed by atoms with Gasteiger partial charge in [0.25, 0.3) is 0 Å². The van der Waals surface area contributed by atoms with Gasteiger partial charge in [0, 0.05) is 5.57 Å². The minimum absolute atomic E-state index is 0.333. The molecule has 0 saturated heterocycles. The smallest absolute Gasteiger partial charge is 0.331 e. The largest absolute Gasteiger partial charge is 0.497 e. The van der Waals surface area contributed by atoms with Crippen LogP contribution in [0.5, 0.6) is 5.75 Å². The van der Waals surface area contributed by atoms with Crippen molar-refractivity contribution in [3.05, 3.63) is 58.7 Å². The van der Waals surface area contributed by atoms with E-state index in [-0.39, 0.29) is 0 Å². The molecule has 0 saturated carbocycles. The van der Waals surface area contributed by atoms with Crippen molar-refractivity contribution in [3.8, 4) is 16.9 Å². The van der Waals surface area contributed by atoms with Crippen LogP contribution in [0.15, 0.2) is 42.0 Å². The first-order chi connectivity index (χ1) is 10.4. The molecule has 2 aromatic carbocycles. The van der Waals surface area contributed by atoms with Crippen molar-refractivity contribution in [1.29, 1.82) is 0 Å². The van der Waals surface area contributed by atoms with Crippen molar-refractivity contribution in [2.24, 2.45) is 0 Å². The molecular formula is C19H20O3. The zero-order valence-corrected chi connectivity index (χ0v) is 13.3. The lowest BCUT2D eigenvalue weighted by molar-refractivity contribution is -0.132. The summed E-state index contributed by atoms with van der Waals surface area (Å²) in [4.78, 5) is 11.0. The molecular weight excluding hydrogens is 276 g/mol. The third kappa shape index (κ3) is 3.37. The Balaban J connectivity index is 2.45. The summed E-state index contributed by atoms with van der Waals surface area (Å²) in [5.41, 5.74) is 5.70. The van der Waals surface area contributed by atoms with Crippen LogP contribution < -0.4 is 4.74 Å². The van der Waals surface area contributed by atoms with E-state index < -0.39 is 5.97 Å². The van der Waals surface area contributed by atoms with E-state index >= 15 is 0 Å². The zero-order chi connectivity index (χ0) is 16.3. The Hall–Kier alpha value is -2.55. The van der Waals surface area contributed by atoms with Crippen molar-refractivity contribution in [3.63, 3.8) is 0 Å². The highest BCUT2D eigenvalue weighted by Gasteiger charge is 2.08. The summed E-state index contributed by atoms with van der Waals surface area (Å²) in [6.45, 7) is 5.63. The fourth-order valence-electron chi connectivity index (χ4n) is 2.37. The highest BCUT2D eigenvalue weighted by atomic mass is 16.5. The Bertz CT molecular complexity index is 725. The number of methoxy groups -OCH3 is 1. The van der Waals surface area contributed by atoms with Crippen LogP contribution in [0.1, 0.15) is 23.6 Å². The third-order valence-corrected chi connectivity index (χ3v) is 3.72. The van der Waals surface area contributed by atoms with Gasteiger partial charge in [-0.1, -0.05) is 24.3 Å². The summed E-state index contributed by atoms with van der Waals surface area (Å²) in [5.74, 6) is -0.0638. The second-order valence-electron chi connectivity index (χ2n) is 5.38. The number of rotatable bonds is 4. The van der Waals surface area contributed by atoms with Crippen LogP contribution in [0.4, 0.5) is 0 Å². The Morgan fingerprint density at radius 1 is 1.09 bits per heavy atom. The number of aryl methyl sites for hydroxylation is 2. The number of carboxylic acids is 1. The molecule has 2 aromatic rings. The van der Waals surface area contributed by atoms with Crippen molar-refractivity contribution < 1.29 is 14.6 Å². The molecule has 0 radical (unpaired) electrons. The Morgan fingerprint density at radius 3 is 2.27 bits per heavy atom. The van der Waals surface area contributed by atoms with E-state index in [1.807, 2.05) is 44.2 Å². The molecule has 2 rings (SSSR count). The number of benzene rings is 2. The van der Waals surface area contributed by atoms with Crippen LogP contribution in [0.2, 0.25) is 0 Å². The molecule has 0 aromatic heterocycles. The van der Waals surface area contributed by atoms with Crippen LogP contribution in [0.3, 0.4) is 0 Å². The van der Waals surface area contributed by atoms with E-state index in [4.69, 9.17) is 9.84 Å². The number of aliphatic carboxylic acids is 1. The van der Waals surface area contributed by atoms with Gasteiger partial charge < -0.3 is 9.84 Å². The topological polar surface area (TPSA) is 46.5 Å². The van der Waals surface area contributed by atoms with Crippen molar-refractivity contribution in [2.75, 3.05) is 7.11 Å². The fraction of sp³-hybridized carbons (Fsp3) is 0.211. The molecule has 0 atom stereocenters. The van der Waals surface area contributed by atoms with E-state index in [1.54, 1.807) is 20.1 Å². The van der Waals surface area contributed by atoms with Gasteiger partial charge >= 0.3 is 5.97 Å². The summed E-state index contributed by atoms with van der Waals surface area (Å²) in [6.07, 6.45) is 1.71. The van der Waals surface area contributed by atoms with Gasteiger partial charge in [0.1, 0.15) is 5.75 Å². The van der Waals surface area contributed by atoms with Gasteiger partial charge in [-0.05, 0) is 66.8 Å². The molecule has 0 spiro atoms. The lowest BCUT2D eigenvalue weighted by Crippen LogP contribution is -1.97. The highest BCUT2D eigenvalue weighted by molar-refractivity contribution is 5.92. The monoisotopic (exact) mass is 296 g/mol. The first kappa shape index (κ1) is 15.8. The minimum atomic E-state index is -0.892. The Morgan fingerprint density at radius 2 is 1.73 bits per heavy atom. The average molecular weight is 296 g/mol. The van der Waals surface area contributed by atoms with Crippen LogP contribution in [0.25, 0.3) is 17.2 Å². The molecule has 0 bridgehead atoms. The van der Waals surface area contributed by atoms with E-state index in [2.05, 4.69) is 6.07 Å². The molecule has 0 aliphatic carbocycles. The number of hydrogen-bond donors (Lipinski definition) is 1. The van der Waals surface area contributed by atoms with Crippen LogP contribution in [-0.4, -0.2) is 18.2 Å². The summed E-state index contributed by atoms with van der Waals surface area (Å²) >= 11 is 0. The molecule has 3 nitrogen and oxygen atoms in total. The van der Waals surface area contributed by atoms with Crippen LogP contribution >= 0.6 is 0 Å². The molecule has 0 aliphatic rings. The highest BCUT2D eigenvalue weighted by Crippen LogP contribution is 2.29. The maximum Gasteiger partial charge on any atom is 0.331 e. The lowest BCUT2D eigenvalue weighted by Gasteiger charge is -2.11. The van der Waals surface area contributed by atoms with Crippen molar-refractivity contribution >= 4 is 12.0 Å². The quantitative estimate of drug-likeness (QED) is 0.847. The first-order valence-corrected chi connectivity index (χ1v) is 7.09. The normalized spacial score (nSPS) is 11.4. The maximum absolute atomic E-state index is 11.0. The van der Waals surface area contributed by atoms with Gasteiger partial charge in [-0.2, -0.15) is 0 Å². The summed E-state index contributed by atoms with van der Waals surface area (Å²) in [5, 5.41) is 9.01. The molecule has 22 heavy (non-hydrogen) atoms. The molecule has 1 N–H and O–H groups in total. The summed E-state index contributed by atoms with van der Waals surface area (Å²) in [6, 6.07) is 12.1. The predicted octanol–water partition coefficient (Wildman–Crippen LogP) is 4.47. The van der Waals surface area contributed by atoms with Gasteiger partial charge in [0.2, 0.25) is 0 Å². The average Bonchev–Trinajstić information content (AvgIpc) is 2.50. The van der Waals surface area contributed by atoms with E-state index in [0.29, 0.717) is 5.57 Å². The number of hydrogen-bond acceptors (Lipinski definition) is 2. The third-order valence-electron chi connectivity index (χ3n) is 3.72. The zero-order valence-electron chi connectivity index (χ0n) is 13.3. The molecule has 3 heteroatoms. The SMILES string of the molecule is COc1ccc(-c2cc(C)c(C=C(C)C(=O)O)cc2C)cc1. The molecule has 0 amide bonds. The molecule has 0 fully saturated rings. The minimum Gasteiger partial charge on any atom is -0.497 e. The first-order valence-electron chi connectivity index (χ1n) is 7.09. The van der Waals surface area contributed by atoms with Gasteiger partial charge in [-0.25, -0.2) is 4.79 Å².